The highest BCUT2D eigenvalue weighted by Crippen LogP contribution is 2.31. The second-order valence-electron chi connectivity index (χ2n) is 6.20. The Morgan fingerprint density at radius 1 is 1.36 bits per heavy atom. The van der Waals surface area contributed by atoms with Crippen molar-refractivity contribution in [3.8, 4) is 0 Å². The first-order chi connectivity index (χ1) is 10.5. The molecule has 1 aromatic rings. The second-order valence-corrected chi connectivity index (χ2v) is 6.20. The summed E-state index contributed by atoms with van der Waals surface area (Å²) in [6.45, 7) is 5.05. The van der Waals surface area contributed by atoms with Gasteiger partial charge < -0.3 is 10.6 Å². The van der Waals surface area contributed by atoms with Crippen molar-refractivity contribution in [3.05, 3.63) is 11.3 Å². The number of hydrazine groups is 1. The third-order valence-electron chi connectivity index (χ3n) is 3.80. The first-order valence-electron chi connectivity index (χ1n) is 7.72. The van der Waals surface area contributed by atoms with Crippen molar-refractivity contribution in [2.75, 3.05) is 11.9 Å². The molecule has 3 amide bonds. The van der Waals surface area contributed by atoms with E-state index in [9.17, 15) is 9.59 Å². The van der Waals surface area contributed by atoms with Crippen molar-refractivity contribution < 1.29 is 9.59 Å². The molecule has 1 saturated carbocycles. The van der Waals surface area contributed by atoms with Gasteiger partial charge in [0.2, 0.25) is 5.91 Å². The fourth-order valence-corrected chi connectivity index (χ4v) is 2.50. The molecule has 0 aromatic carbocycles. The zero-order chi connectivity index (χ0) is 15.7. The van der Waals surface area contributed by atoms with E-state index in [2.05, 4.69) is 26.3 Å². The molecule has 0 saturated heterocycles. The van der Waals surface area contributed by atoms with Crippen molar-refractivity contribution >= 4 is 17.8 Å². The predicted octanol–water partition coefficient (Wildman–Crippen LogP) is 0.739. The minimum atomic E-state index is -0.217. The quantitative estimate of drug-likeness (QED) is 0.659. The standard InChI is InChI=1S/C14H22N6O2/c1-8(2)15-14(22)19-20-6-5-11-10(7-20)12(18-17-11)16-13(21)9-3-4-9/h8-9H,3-7H2,1-2H3,(H2,15,19,22)(H2,16,17,18,21). The highest BCUT2D eigenvalue weighted by Gasteiger charge is 2.31. The average molecular weight is 306 g/mol. The van der Waals surface area contributed by atoms with E-state index in [1.165, 1.54) is 0 Å². The molecule has 22 heavy (non-hydrogen) atoms. The largest absolute Gasteiger partial charge is 0.335 e. The zero-order valence-electron chi connectivity index (χ0n) is 12.9. The molecule has 2 aliphatic rings. The molecule has 1 fully saturated rings. The summed E-state index contributed by atoms with van der Waals surface area (Å²) in [5, 5.41) is 14.7. The summed E-state index contributed by atoms with van der Waals surface area (Å²) in [6.07, 6.45) is 2.67. The lowest BCUT2D eigenvalue weighted by molar-refractivity contribution is -0.117. The molecule has 0 atom stereocenters. The van der Waals surface area contributed by atoms with Crippen molar-refractivity contribution in [1.82, 2.24) is 25.9 Å². The number of rotatable bonds is 4. The number of urea groups is 1. The summed E-state index contributed by atoms with van der Waals surface area (Å²) in [5.41, 5.74) is 4.80. The Hall–Kier alpha value is -2.09. The maximum Gasteiger partial charge on any atom is 0.329 e. The number of carbonyl (C=O) groups is 2. The van der Waals surface area contributed by atoms with E-state index in [4.69, 9.17) is 0 Å². The van der Waals surface area contributed by atoms with Crippen LogP contribution in [0.25, 0.3) is 0 Å². The molecule has 4 N–H and O–H groups in total. The normalized spacial score (nSPS) is 18.0. The molecule has 0 spiro atoms. The molecule has 1 aromatic heterocycles. The fraction of sp³-hybridized carbons (Fsp3) is 0.643. The highest BCUT2D eigenvalue weighted by atomic mass is 16.2. The first-order valence-corrected chi connectivity index (χ1v) is 7.72. The molecular formula is C14H22N6O2. The molecule has 2 heterocycles. The Balaban J connectivity index is 1.62. The van der Waals surface area contributed by atoms with Crippen LogP contribution in [0.1, 0.15) is 37.9 Å². The summed E-state index contributed by atoms with van der Waals surface area (Å²) in [6, 6.07) is -0.131. The smallest absolute Gasteiger partial charge is 0.329 e. The Kier molecular flexibility index (Phi) is 4.02. The lowest BCUT2D eigenvalue weighted by Crippen LogP contribution is -2.50. The number of nitrogens with one attached hydrogen (secondary N) is 4. The number of nitrogens with zero attached hydrogens (tertiary/aromatic N) is 2. The van der Waals surface area contributed by atoms with Gasteiger partial charge in [0.05, 0.1) is 0 Å². The summed E-state index contributed by atoms with van der Waals surface area (Å²) in [5.74, 6) is 0.765. The number of H-pyrrole nitrogens is 1. The van der Waals surface area contributed by atoms with Gasteiger partial charge in [-0.25, -0.2) is 9.80 Å². The molecule has 1 aliphatic carbocycles. The number of fused-ring (bicyclic) bond motifs is 1. The van der Waals surface area contributed by atoms with Gasteiger partial charge in [0.1, 0.15) is 0 Å². The van der Waals surface area contributed by atoms with Crippen LogP contribution < -0.4 is 16.1 Å². The minimum Gasteiger partial charge on any atom is -0.335 e. The Bertz CT molecular complexity index is 578. The van der Waals surface area contributed by atoms with Gasteiger partial charge in [0.25, 0.3) is 0 Å². The van der Waals surface area contributed by atoms with E-state index in [-0.39, 0.29) is 23.9 Å². The van der Waals surface area contributed by atoms with Crippen LogP contribution in [-0.2, 0) is 17.8 Å². The third kappa shape index (κ3) is 3.38. The Morgan fingerprint density at radius 2 is 2.14 bits per heavy atom. The number of hydrogen-bond donors (Lipinski definition) is 4. The van der Waals surface area contributed by atoms with Crippen LogP contribution in [0, 0.1) is 5.92 Å². The number of aromatic nitrogens is 2. The van der Waals surface area contributed by atoms with Gasteiger partial charge in [-0.05, 0) is 26.7 Å². The van der Waals surface area contributed by atoms with E-state index in [0.29, 0.717) is 18.9 Å². The SMILES string of the molecule is CC(C)NC(=O)NN1CCc2[nH]nc(NC(=O)C3CC3)c2C1. The Labute approximate surface area is 129 Å². The fourth-order valence-electron chi connectivity index (χ4n) is 2.50. The molecule has 0 bridgehead atoms. The van der Waals surface area contributed by atoms with Crippen LogP contribution >= 0.6 is 0 Å². The van der Waals surface area contributed by atoms with Crippen molar-refractivity contribution in [3.63, 3.8) is 0 Å². The van der Waals surface area contributed by atoms with Crippen LogP contribution in [0.5, 0.6) is 0 Å². The first kappa shape index (κ1) is 14.8. The number of aromatic amines is 1. The molecule has 0 unspecified atom stereocenters. The van der Waals surface area contributed by atoms with Crippen LogP contribution in [0.15, 0.2) is 0 Å². The van der Waals surface area contributed by atoms with E-state index in [1.54, 1.807) is 0 Å². The van der Waals surface area contributed by atoms with Gasteiger partial charge in [-0.15, -0.1) is 0 Å². The molecular weight excluding hydrogens is 284 g/mol. The molecule has 3 rings (SSSR count). The lowest BCUT2D eigenvalue weighted by atomic mass is 10.1. The van der Waals surface area contributed by atoms with Crippen LogP contribution in [0.2, 0.25) is 0 Å². The lowest BCUT2D eigenvalue weighted by Gasteiger charge is -2.27. The summed E-state index contributed by atoms with van der Waals surface area (Å²) < 4.78 is 0. The maximum atomic E-state index is 11.9. The van der Waals surface area contributed by atoms with Crippen LogP contribution in [0.3, 0.4) is 0 Å². The molecule has 8 heteroatoms. The van der Waals surface area contributed by atoms with E-state index in [1.807, 2.05) is 18.9 Å². The van der Waals surface area contributed by atoms with E-state index >= 15 is 0 Å². The van der Waals surface area contributed by atoms with Gasteiger partial charge in [-0.1, -0.05) is 0 Å². The summed E-state index contributed by atoms with van der Waals surface area (Å²) in [4.78, 5) is 23.7. The second kappa shape index (κ2) is 5.96. The van der Waals surface area contributed by atoms with Crippen molar-refractivity contribution in [1.29, 1.82) is 0 Å². The highest BCUT2D eigenvalue weighted by molar-refractivity contribution is 5.93. The predicted molar refractivity (Wildman–Crippen MR) is 80.9 cm³/mol. The maximum absolute atomic E-state index is 11.9. The van der Waals surface area contributed by atoms with E-state index in [0.717, 1.165) is 30.5 Å². The Morgan fingerprint density at radius 3 is 2.82 bits per heavy atom. The minimum absolute atomic E-state index is 0.0388. The van der Waals surface area contributed by atoms with Gasteiger partial charge in [-0.3, -0.25) is 15.3 Å². The summed E-state index contributed by atoms with van der Waals surface area (Å²) in [7, 11) is 0. The van der Waals surface area contributed by atoms with Crippen molar-refractivity contribution in [2.24, 2.45) is 5.92 Å². The zero-order valence-corrected chi connectivity index (χ0v) is 12.9. The van der Waals surface area contributed by atoms with E-state index < -0.39 is 0 Å². The van der Waals surface area contributed by atoms with Gasteiger partial charge in [-0.2, -0.15) is 5.10 Å². The number of anilines is 1. The van der Waals surface area contributed by atoms with Crippen LogP contribution in [0.4, 0.5) is 10.6 Å². The van der Waals surface area contributed by atoms with Crippen molar-refractivity contribution in [2.45, 2.75) is 45.7 Å². The summed E-state index contributed by atoms with van der Waals surface area (Å²) >= 11 is 0. The van der Waals surface area contributed by atoms with Crippen LogP contribution in [-0.4, -0.2) is 39.7 Å². The molecule has 1 aliphatic heterocycles. The van der Waals surface area contributed by atoms with Gasteiger partial charge >= 0.3 is 6.03 Å². The number of hydrogen-bond acceptors (Lipinski definition) is 4. The molecule has 120 valence electrons. The number of carbonyl (C=O) groups excluding carboxylic acids is 2. The average Bonchev–Trinajstić information content (AvgIpc) is 3.22. The third-order valence-corrected chi connectivity index (χ3v) is 3.80. The van der Waals surface area contributed by atoms with Gasteiger partial charge in [0, 0.05) is 42.7 Å². The topological polar surface area (TPSA) is 102 Å². The monoisotopic (exact) mass is 306 g/mol. The molecule has 8 nitrogen and oxygen atoms in total. The molecule has 0 radical (unpaired) electrons. The number of amides is 3. The van der Waals surface area contributed by atoms with Gasteiger partial charge in [0.15, 0.2) is 5.82 Å².